The highest BCUT2D eigenvalue weighted by Crippen LogP contribution is 2.27. The molecule has 5 heteroatoms. The summed E-state index contributed by atoms with van der Waals surface area (Å²) in [5.41, 5.74) is 2.66. The number of rotatable bonds is 5. The van der Waals surface area contributed by atoms with E-state index in [9.17, 15) is 4.79 Å². The summed E-state index contributed by atoms with van der Waals surface area (Å²) in [6.07, 6.45) is 3.96. The van der Waals surface area contributed by atoms with Gasteiger partial charge in [-0.05, 0) is 37.1 Å². The number of pyridine rings is 1. The molecule has 0 radical (unpaired) electrons. The van der Waals surface area contributed by atoms with Crippen LogP contribution in [0.1, 0.15) is 13.3 Å². The molecule has 2 aromatic rings. The number of benzene rings is 1. The molecule has 2 amide bonds. The summed E-state index contributed by atoms with van der Waals surface area (Å²) in [5.74, 6) is 0. The van der Waals surface area contributed by atoms with Gasteiger partial charge in [-0.2, -0.15) is 0 Å². The van der Waals surface area contributed by atoms with Crippen LogP contribution < -0.4 is 10.6 Å². The number of amides is 2. The summed E-state index contributed by atoms with van der Waals surface area (Å²) >= 11 is 0. The van der Waals surface area contributed by atoms with Crippen LogP contribution in [0.3, 0.4) is 0 Å². The molecule has 0 spiro atoms. The van der Waals surface area contributed by atoms with Crippen molar-refractivity contribution in [3.8, 4) is 11.1 Å². The summed E-state index contributed by atoms with van der Waals surface area (Å²) in [7, 11) is 0. The molecule has 0 saturated heterocycles. The lowest BCUT2D eigenvalue weighted by Crippen LogP contribution is -2.36. The molecule has 0 aliphatic carbocycles. The summed E-state index contributed by atoms with van der Waals surface area (Å²) in [6.45, 7) is 1.90. The molecule has 0 fully saturated rings. The van der Waals surface area contributed by atoms with Gasteiger partial charge in [-0.1, -0.05) is 18.2 Å². The van der Waals surface area contributed by atoms with Crippen LogP contribution in [-0.2, 0) is 0 Å². The highest BCUT2D eigenvalue weighted by molar-refractivity contribution is 5.94. The molecule has 0 bridgehead atoms. The number of aliphatic hydroxyl groups is 1. The maximum absolute atomic E-state index is 12.0. The Labute approximate surface area is 124 Å². The summed E-state index contributed by atoms with van der Waals surface area (Å²) in [6, 6.07) is 11.0. The van der Waals surface area contributed by atoms with Crippen molar-refractivity contribution in [1.29, 1.82) is 0 Å². The van der Waals surface area contributed by atoms with E-state index in [0.29, 0.717) is 6.42 Å². The molecule has 0 unspecified atom stereocenters. The summed E-state index contributed by atoms with van der Waals surface area (Å²) in [5, 5.41) is 14.5. The first-order valence-corrected chi connectivity index (χ1v) is 6.88. The van der Waals surface area contributed by atoms with Gasteiger partial charge in [-0.3, -0.25) is 4.98 Å². The third-order valence-corrected chi connectivity index (χ3v) is 3.11. The van der Waals surface area contributed by atoms with Gasteiger partial charge in [0.2, 0.25) is 0 Å². The van der Waals surface area contributed by atoms with Crippen molar-refractivity contribution in [2.75, 3.05) is 11.9 Å². The van der Waals surface area contributed by atoms with Gasteiger partial charge in [0, 0.05) is 30.6 Å². The topological polar surface area (TPSA) is 74.2 Å². The Morgan fingerprint density at radius 2 is 1.95 bits per heavy atom. The van der Waals surface area contributed by atoms with Gasteiger partial charge in [0.15, 0.2) is 0 Å². The number of nitrogens with one attached hydrogen (secondary N) is 2. The lowest BCUT2D eigenvalue weighted by Gasteiger charge is -2.15. The van der Waals surface area contributed by atoms with Gasteiger partial charge >= 0.3 is 6.03 Å². The van der Waals surface area contributed by atoms with Crippen molar-refractivity contribution in [3.05, 3.63) is 48.8 Å². The van der Waals surface area contributed by atoms with E-state index in [4.69, 9.17) is 5.11 Å². The summed E-state index contributed by atoms with van der Waals surface area (Å²) in [4.78, 5) is 16.0. The normalized spacial score (nSPS) is 11.7. The monoisotopic (exact) mass is 285 g/mol. The van der Waals surface area contributed by atoms with Crippen LogP contribution in [0.2, 0.25) is 0 Å². The molecule has 0 aliphatic heterocycles. The van der Waals surface area contributed by atoms with E-state index in [2.05, 4.69) is 15.6 Å². The lowest BCUT2D eigenvalue weighted by atomic mass is 10.1. The van der Waals surface area contributed by atoms with Crippen LogP contribution in [0.25, 0.3) is 11.1 Å². The maximum atomic E-state index is 12.0. The second-order valence-electron chi connectivity index (χ2n) is 4.79. The second-order valence-corrected chi connectivity index (χ2v) is 4.79. The number of aliphatic hydroxyl groups excluding tert-OH is 1. The van der Waals surface area contributed by atoms with E-state index < -0.39 is 0 Å². The lowest BCUT2D eigenvalue weighted by molar-refractivity contribution is 0.241. The molecule has 2 rings (SSSR count). The smallest absolute Gasteiger partial charge is 0.319 e. The van der Waals surface area contributed by atoms with Gasteiger partial charge in [0.1, 0.15) is 0 Å². The molecule has 5 nitrogen and oxygen atoms in total. The van der Waals surface area contributed by atoms with E-state index in [1.54, 1.807) is 12.4 Å². The van der Waals surface area contributed by atoms with E-state index in [1.165, 1.54) is 0 Å². The predicted molar refractivity (Wildman–Crippen MR) is 83.0 cm³/mol. The molecule has 1 heterocycles. The van der Waals surface area contributed by atoms with E-state index in [1.807, 2.05) is 43.3 Å². The molecule has 1 aromatic carbocycles. The first kappa shape index (κ1) is 15.0. The van der Waals surface area contributed by atoms with Gasteiger partial charge in [0.25, 0.3) is 0 Å². The number of aromatic nitrogens is 1. The SMILES string of the molecule is C[C@H](CCO)NC(=O)Nc1ccccc1-c1ccncc1. The first-order valence-electron chi connectivity index (χ1n) is 6.88. The molecule has 21 heavy (non-hydrogen) atoms. The zero-order valence-electron chi connectivity index (χ0n) is 11.9. The fourth-order valence-electron chi connectivity index (χ4n) is 2.02. The standard InChI is InChI=1S/C16H19N3O2/c1-12(8-11-20)18-16(21)19-15-5-3-2-4-14(15)13-6-9-17-10-7-13/h2-7,9-10,12,20H,8,11H2,1H3,(H2,18,19,21)/t12-/m1/s1. The van der Waals surface area contributed by atoms with Crippen LogP contribution in [0, 0.1) is 0 Å². The fourth-order valence-corrected chi connectivity index (χ4v) is 2.02. The maximum Gasteiger partial charge on any atom is 0.319 e. The Hall–Kier alpha value is -2.40. The van der Waals surface area contributed by atoms with Gasteiger partial charge in [0.05, 0.1) is 5.69 Å². The summed E-state index contributed by atoms with van der Waals surface area (Å²) < 4.78 is 0. The number of carbonyl (C=O) groups excluding carboxylic acids is 1. The molecular formula is C16H19N3O2. The average Bonchev–Trinajstić information content (AvgIpc) is 2.48. The zero-order valence-corrected chi connectivity index (χ0v) is 11.9. The highest BCUT2D eigenvalue weighted by atomic mass is 16.3. The van der Waals surface area contributed by atoms with Gasteiger partial charge in [-0.15, -0.1) is 0 Å². The van der Waals surface area contributed by atoms with Crippen molar-refractivity contribution in [2.24, 2.45) is 0 Å². The van der Waals surface area contributed by atoms with Crippen LogP contribution in [-0.4, -0.2) is 28.8 Å². The van der Waals surface area contributed by atoms with Crippen molar-refractivity contribution < 1.29 is 9.90 Å². The van der Waals surface area contributed by atoms with E-state index >= 15 is 0 Å². The Morgan fingerprint density at radius 1 is 1.24 bits per heavy atom. The van der Waals surface area contributed by atoms with Crippen molar-refractivity contribution in [3.63, 3.8) is 0 Å². The minimum atomic E-state index is -0.280. The molecule has 3 N–H and O–H groups in total. The Morgan fingerprint density at radius 3 is 2.67 bits per heavy atom. The van der Waals surface area contributed by atoms with Gasteiger partial charge in [-0.25, -0.2) is 4.79 Å². The third-order valence-electron chi connectivity index (χ3n) is 3.11. The molecule has 1 aromatic heterocycles. The Kier molecular flexibility index (Phi) is 5.29. The number of hydrogen-bond acceptors (Lipinski definition) is 3. The molecule has 1 atom stereocenters. The number of nitrogens with zero attached hydrogens (tertiary/aromatic N) is 1. The van der Waals surface area contributed by atoms with E-state index in [-0.39, 0.29) is 18.7 Å². The van der Waals surface area contributed by atoms with Crippen molar-refractivity contribution in [2.45, 2.75) is 19.4 Å². The minimum absolute atomic E-state index is 0.0506. The van der Waals surface area contributed by atoms with E-state index in [0.717, 1.165) is 16.8 Å². The van der Waals surface area contributed by atoms with Gasteiger partial charge < -0.3 is 15.7 Å². The molecular weight excluding hydrogens is 266 g/mol. The average molecular weight is 285 g/mol. The number of urea groups is 1. The fraction of sp³-hybridized carbons (Fsp3) is 0.250. The predicted octanol–water partition coefficient (Wildman–Crippen LogP) is 2.64. The number of anilines is 1. The third kappa shape index (κ3) is 4.29. The molecule has 110 valence electrons. The highest BCUT2D eigenvalue weighted by Gasteiger charge is 2.10. The largest absolute Gasteiger partial charge is 0.396 e. The molecule has 0 saturated carbocycles. The number of carbonyl (C=O) groups is 1. The van der Waals surface area contributed by atoms with Crippen molar-refractivity contribution >= 4 is 11.7 Å². The minimum Gasteiger partial charge on any atom is -0.396 e. The number of hydrogen-bond donors (Lipinski definition) is 3. The van der Waals surface area contributed by atoms with Crippen LogP contribution in [0.4, 0.5) is 10.5 Å². The zero-order chi connectivity index (χ0) is 15.1. The van der Waals surface area contributed by atoms with Crippen molar-refractivity contribution in [1.82, 2.24) is 10.3 Å². The Balaban J connectivity index is 2.12. The molecule has 0 aliphatic rings. The quantitative estimate of drug-likeness (QED) is 0.790. The Bertz CT molecular complexity index is 587. The number of para-hydroxylation sites is 1. The van der Waals surface area contributed by atoms with Crippen LogP contribution in [0.5, 0.6) is 0 Å². The second kappa shape index (κ2) is 7.40. The van der Waals surface area contributed by atoms with Crippen LogP contribution in [0.15, 0.2) is 48.8 Å². The van der Waals surface area contributed by atoms with Crippen LogP contribution >= 0.6 is 0 Å². The first-order chi connectivity index (χ1) is 10.2.